The number of aromatic nitrogens is 1. The molecule has 1 N–H and O–H groups in total. The molecule has 6 heteroatoms. The van der Waals surface area contributed by atoms with Gasteiger partial charge in [-0.2, -0.15) is 0 Å². The van der Waals surface area contributed by atoms with E-state index in [-0.39, 0.29) is 6.03 Å². The number of urea groups is 1. The summed E-state index contributed by atoms with van der Waals surface area (Å²) in [7, 11) is 3.47. The van der Waals surface area contributed by atoms with E-state index in [1.54, 1.807) is 19.1 Å². The molecule has 0 radical (unpaired) electrons. The maximum absolute atomic E-state index is 11.9. The third kappa shape index (κ3) is 5.21. The number of methoxy groups -OCH3 is 1. The summed E-state index contributed by atoms with van der Waals surface area (Å²) in [6.07, 6.45) is 3.05. The van der Waals surface area contributed by atoms with Gasteiger partial charge in [0.15, 0.2) is 0 Å². The average Bonchev–Trinajstić information content (AvgIpc) is 2.74. The fourth-order valence-electron chi connectivity index (χ4n) is 1.92. The number of rotatable bonds is 8. The van der Waals surface area contributed by atoms with Crippen LogP contribution in [0.3, 0.4) is 0 Å². The van der Waals surface area contributed by atoms with Crippen LogP contribution in [0.15, 0.2) is 4.52 Å². The molecule has 0 aliphatic heterocycles. The maximum Gasteiger partial charge on any atom is 0.317 e. The lowest BCUT2D eigenvalue weighted by Gasteiger charge is -2.17. The second kappa shape index (κ2) is 8.58. The molecule has 114 valence electrons. The van der Waals surface area contributed by atoms with Gasteiger partial charge in [-0.05, 0) is 33.1 Å². The Kier molecular flexibility index (Phi) is 7.08. The normalized spacial score (nSPS) is 10.6. The van der Waals surface area contributed by atoms with Crippen molar-refractivity contribution in [2.45, 2.75) is 39.7 Å². The van der Waals surface area contributed by atoms with Gasteiger partial charge in [0.2, 0.25) is 0 Å². The number of nitrogens with zero attached hydrogens (tertiary/aromatic N) is 2. The van der Waals surface area contributed by atoms with Crippen LogP contribution in [0, 0.1) is 13.8 Å². The lowest BCUT2D eigenvalue weighted by atomic mass is 10.2. The lowest BCUT2D eigenvalue weighted by Crippen LogP contribution is -2.37. The Balaban J connectivity index is 2.26. The zero-order valence-electron chi connectivity index (χ0n) is 12.9. The molecule has 0 aliphatic carbocycles. The second-order valence-corrected chi connectivity index (χ2v) is 4.94. The highest BCUT2D eigenvalue weighted by Crippen LogP contribution is 2.14. The number of carbonyl (C=O) groups is 1. The molecule has 20 heavy (non-hydrogen) atoms. The number of ether oxygens (including phenoxy) is 1. The van der Waals surface area contributed by atoms with Crippen LogP contribution in [0.2, 0.25) is 0 Å². The molecule has 0 aliphatic rings. The van der Waals surface area contributed by atoms with Crippen molar-refractivity contribution in [1.29, 1.82) is 0 Å². The Hall–Kier alpha value is -1.56. The highest BCUT2D eigenvalue weighted by atomic mass is 16.5. The zero-order chi connectivity index (χ0) is 15.0. The first-order valence-electron chi connectivity index (χ1n) is 6.96. The Morgan fingerprint density at radius 2 is 2.10 bits per heavy atom. The van der Waals surface area contributed by atoms with Gasteiger partial charge in [-0.25, -0.2) is 4.79 Å². The summed E-state index contributed by atoms with van der Waals surface area (Å²) in [6, 6.07) is -0.0725. The van der Waals surface area contributed by atoms with Gasteiger partial charge in [-0.3, -0.25) is 0 Å². The molecule has 0 spiro atoms. The van der Waals surface area contributed by atoms with Crippen LogP contribution in [0.4, 0.5) is 4.79 Å². The first-order valence-corrected chi connectivity index (χ1v) is 6.96. The lowest BCUT2D eigenvalue weighted by molar-refractivity contribution is 0.191. The SMILES string of the molecule is COCCCCCNC(=O)N(C)Cc1c(C)noc1C. The van der Waals surface area contributed by atoms with Crippen LogP contribution in [-0.2, 0) is 11.3 Å². The summed E-state index contributed by atoms with van der Waals surface area (Å²) in [5.74, 6) is 0.765. The van der Waals surface area contributed by atoms with Gasteiger partial charge in [0, 0.05) is 32.9 Å². The van der Waals surface area contributed by atoms with Gasteiger partial charge in [0.25, 0.3) is 0 Å². The summed E-state index contributed by atoms with van der Waals surface area (Å²) in [6.45, 7) is 5.72. The van der Waals surface area contributed by atoms with Crippen molar-refractivity contribution in [3.05, 3.63) is 17.0 Å². The Labute approximate surface area is 120 Å². The summed E-state index contributed by atoms with van der Waals surface area (Å²) in [5.41, 5.74) is 1.81. The van der Waals surface area contributed by atoms with Gasteiger partial charge in [0.1, 0.15) is 5.76 Å². The van der Waals surface area contributed by atoms with Gasteiger partial charge in [-0.1, -0.05) is 5.16 Å². The molecule has 2 amide bonds. The van der Waals surface area contributed by atoms with Crippen molar-refractivity contribution in [1.82, 2.24) is 15.4 Å². The molecule has 0 unspecified atom stereocenters. The van der Waals surface area contributed by atoms with E-state index in [0.717, 1.165) is 42.9 Å². The first kappa shape index (κ1) is 16.5. The highest BCUT2D eigenvalue weighted by molar-refractivity contribution is 5.73. The van der Waals surface area contributed by atoms with E-state index in [1.807, 2.05) is 13.8 Å². The van der Waals surface area contributed by atoms with E-state index < -0.39 is 0 Å². The van der Waals surface area contributed by atoms with Crippen molar-refractivity contribution in [2.24, 2.45) is 0 Å². The molecule has 6 nitrogen and oxygen atoms in total. The molecule has 0 saturated carbocycles. The predicted molar refractivity (Wildman–Crippen MR) is 76.6 cm³/mol. The summed E-state index contributed by atoms with van der Waals surface area (Å²) in [4.78, 5) is 13.6. The van der Waals surface area contributed by atoms with Crippen molar-refractivity contribution < 1.29 is 14.1 Å². The minimum absolute atomic E-state index is 0.0725. The molecule has 0 aromatic carbocycles. The number of nitrogens with one attached hydrogen (secondary N) is 1. The maximum atomic E-state index is 11.9. The van der Waals surface area contributed by atoms with Gasteiger partial charge in [-0.15, -0.1) is 0 Å². The van der Waals surface area contributed by atoms with Gasteiger partial charge < -0.3 is 19.5 Å². The molecule has 1 rings (SSSR count). The minimum atomic E-state index is -0.0725. The third-order valence-corrected chi connectivity index (χ3v) is 3.22. The third-order valence-electron chi connectivity index (χ3n) is 3.22. The molecule has 0 atom stereocenters. The number of amides is 2. The molecule has 0 saturated heterocycles. The highest BCUT2D eigenvalue weighted by Gasteiger charge is 2.14. The fourth-order valence-corrected chi connectivity index (χ4v) is 1.92. The van der Waals surface area contributed by atoms with Gasteiger partial charge in [0.05, 0.1) is 12.2 Å². The van der Waals surface area contributed by atoms with Crippen molar-refractivity contribution in [3.63, 3.8) is 0 Å². The van der Waals surface area contributed by atoms with E-state index in [9.17, 15) is 4.79 Å². The number of hydrogen-bond donors (Lipinski definition) is 1. The quantitative estimate of drug-likeness (QED) is 0.743. The summed E-state index contributed by atoms with van der Waals surface area (Å²) >= 11 is 0. The van der Waals surface area contributed by atoms with E-state index >= 15 is 0 Å². The molecule has 1 heterocycles. The molecule has 0 fully saturated rings. The summed E-state index contributed by atoms with van der Waals surface area (Å²) < 4.78 is 10.1. The van der Waals surface area contributed by atoms with Crippen LogP contribution >= 0.6 is 0 Å². The number of hydrogen-bond acceptors (Lipinski definition) is 4. The predicted octanol–water partition coefficient (Wildman–Crippen LogP) is 2.25. The molecular weight excluding hydrogens is 258 g/mol. The van der Waals surface area contributed by atoms with E-state index in [2.05, 4.69) is 10.5 Å². The van der Waals surface area contributed by atoms with Crippen molar-refractivity contribution in [3.8, 4) is 0 Å². The minimum Gasteiger partial charge on any atom is -0.385 e. The van der Waals surface area contributed by atoms with Crippen LogP contribution in [0.25, 0.3) is 0 Å². The van der Waals surface area contributed by atoms with E-state index in [1.165, 1.54) is 0 Å². The first-order chi connectivity index (χ1) is 9.56. The fraction of sp³-hybridized carbons (Fsp3) is 0.714. The van der Waals surface area contributed by atoms with E-state index in [4.69, 9.17) is 9.26 Å². The standard InChI is InChI=1S/C14H25N3O3/c1-11-13(12(2)20-16-11)10-17(3)14(18)15-8-6-5-7-9-19-4/h5-10H2,1-4H3,(H,15,18). The molecule has 0 bridgehead atoms. The van der Waals surface area contributed by atoms with Crippen molar-refractivity contribution >= 4 is 6.03 Å². The number of unbranched alkanes of at least 4 members (excludes halogenated alkanes) is 2. The zero-order valence-corrected chi connectivity index (χ0v) is 12.9. The van der Waals surface area contributed by atoms with Gasteiger partial charge >= 0.3 is 6.03 Å². The number of carbonyl (C=O) groups excluding carboxylic acids is 1. The van der Waals surface area contributed by atoms with Crippen LogP contribution in [-0.4, -0.2) is 43.4 Å². The Morgan fingerprint density at radius 3 is 2.70 bits per heavy atom. The monoisotopic (exact) mass is 283 g/mol. The van der Waals surface area contributed by atoms with Crippen molar-refractivity contribution in [2.75, 3.05) is 27.3 Å². The van der Waals surface area contributed by atoms with Crippen LogP contribution < -0.4 is 5.32 Å². The molecule has 1 aromatic heterocycles. The Bertz CT molecular complexity index is 398. The topological polar surface area (TPSA) is 67.6 Å². The van der Waals surface area contributed by atoms with E-state index in [0.29, 0.717) is 13.1 Å². The second-order valence-electron chi connectivity index (χ2n) is 4.94. The molecule has 1 aromatic rings. The molecular formula is C14H25N3O3. The average molecular weight is 283 g/mol. The van der Waals surface area contributed by atoms with Crippen LogP contribution in [0.5, 0.6) is 0 Å². The summed E-state index contributed by atoms with van der Waals surface area (Å²) in [5, 5.41) is 6.79. The smallest absolute Gasteiger partial charge is 0.317 e. The number of aryl methyl sites for hydroxylation is 2. The van der Waals surface area contributed by atoms with Crippen LogP contribution in [0.1, 0.15) is 36.3 Å². The Morgan fingerprint density at radius 1 is 1.35 bits per heavy atom. The largest absolute Gasteiger partial charge is 0.385 e.